The number of nitrogens with one attached hydrogen (secondary N) is 1. The number of nitrogens with zero attached hydrogens (tertiary/aromatic N) is 2. The first-order valence-corrected chi connectivity index (χ1v) is 8.95. The number of amides is 1. The van der Waals surface area contributed by atoms with Gasteiger partial charge in [-0.3, -0.25) is 4.79 Å². The molecule has 0 bridgehead atoms. The number of carbonyl (C=O) groups is 1. The van der Waals surface area contributed by atoms with E-state index in [4.69, 9.17) is 5.73 Å². The van der Waals surface area contributed by atoms with Crippen molar-refractivity contribution in [3.63, 3.8) is 0 Å². The molecule has 0 atom stereocenters. The molecule has 3 rings (SSSR count). The van der Waals surface area contributed by atoms with Crippen molar-refractivity contribution in [2.75, 3.05) is 11.9 Å². The summed E-state index contributed by atoms with van der Waals surface area (Å²) in [7, 11) is 0. The van der Waals surface area contributed by atoms with Crippen LogP contribution >= 0.6 is 11.3 Å². The lowest BCUT2D eigenvalue weighted by Crippen LogP contribution is -2.19. The summed E-state index contributed by atoms with van der Waals surface area (Å²) in [4.78, 5) is 15.5. The number of hydrogen-bond acceptors (Lipinski definition) is 6. The first-order chi connectivity index (χ1) is 13.7. The van der Waals surface area contributed by atoms with Crippen LogP contribution < -0.4 is 15.8 Å². The molecule has 0 aliphatic rings. The molecule has 148 valence electrons. The monoisotopic (exact) mass is 418 g/mol. The Labute approximate surface area is 167 Å². The molecule has 3 aromatic rings. The molecule has 6 nitrogen and oxygen atoms in total. The average Bonchev–Trinajstić information content (AvgIpc) is 3.14. The van der Waals surface area contributed by atoms with Crippen LogP contribution in [0.3, 0.4) is 0 Å². The van der Waals surface area contributed by atoms with E-state index in [0.717, 1.165) is 0 Å². The van der Waals surface area contributed by atoms with Crippen molar-refractivity contribution < 1.29 is 22.7 Å². The summed E-state index contributed by atoms with van der Waals surface area (Å²) in [5.41, 5.74) is 9.37. The van der Waals surface area contributed by atoms with Crippen molar-refractivity contribution in [3.8, 4) is 22.9 Å². The highest BCUT2D eigenvalue weighted by molar-refractivity contribution is 7.17. The molecule has 10 heteroatoms. The molecule has 1 aromatic heterocycles. The number of hydrogen-bond donors (Lipinski definition) is 2. The van der Waals surface area contributed by atoms with Gasteiger partial charge in [0.15, 0.2) is 0 Å². The fraction of sp³-hybridized carbons (Fsp3) is 0.105. The Morgan fingerprint density at radius 3 is 2.62 bits per heavy atom. The van der Waals surface area contributed by atoms with Crippen LogP contribution in [-0.2, 0) is 4.79 Å². The minimum atomic E-state index is -4.78. The highest BCUT2D eigenvalue weighted by atomic mass is 32.1. The number of fused-ring (bicyclic) bond motifs is 1. The molecule has 0 spiro atoms. The minimum absolute atomic E-state index is 0.0339. The van der Waals surface area contributed by atoms with Gasteiger partial charge in [0, 0.05) is 17.7 Å². The summed E-state index contributed by atoms with van der Waals surface area (Å²) < 4.78 is 41.6. The van der Waals surface area contributed by atoms with Gasteiger partial charge in [-0.15, -0.1) is 24.5 Å². The van der Waals surface area contributed by atoms with Crippen LogP contribution in [0.4, 0.5) is 18.9 Å². The minimum Gasteiger partial charge on any atom is -0.406 e. The Bertz CT molecular complexity index is 1130. The Kier molecular flexibility index (Phi) is 5.43. The summed E-state index contributed by atoms with van der Waals surface area (Å²) in [5, 5.41) is 12.5. The van der Waals surface area contributed by atoms with Crippen LogP contribution in [0.25, 0.3) is 21.3 Å². The predicted molar refractivity (Wildman–Crippen MR) is 103 cm³/mol. The van der Waals surface area contributed by atoms with Crippen molar-refractivity contribution in [1.29, 1.82) is 5.26 Å². The lowest BCUT2D eigenvalue weighted by atomic mass is 10.0. The lowest BCUT2D eigenvalue weighted by Gasteiger charge is -2.13. The standard InChI is InChI=1S/C19H13F3N4O2S/c1-10(18(24)27)8-25-15-6-13(16-17(14(15)7-23)29-9-26-16)11-2-4-12(5-3-11)28-19(20,21)22/h2-6,9,25H,1,8H2,(H2,24,27). The van der Waals surface area contributed by atoms with E-state index in [9.17, 15) is 23.2 Å². The van der Waals surface area contributed by atoms with Crippen LogP contribution in [0.15, 0.2) is 48.0 Å². The van der Waals surface area contributed by atoms with E-state index in [-0.39, 0.29) is 17.9 Å². The van der Waals surface area contributed by atoms with Crippen molar-refractivity contribution in [2.24, 2.45) is 5.73 Å². The van der Waals surface area contributed by atoms with E-state index in [0.29, 0.717) is 32.6 Å². The Hall–Kier alpha value is -3.58. The summed E-state index contributed by atoms with van der Waals surface area (Å²) in [6.45, 7) is 3.59. The maximum atomic E-state index is 12.4. The number of halogens is 3. The Balaban J connectivity index is 2.04. The van der Waals surface area contributed by atoms with Gasteiger partial charge in [0.1, 0.15) is 11.8 Å². The second kappa shape index (κ2) is 7.81. The second-order valence-electron chi connectivity index (χ2n) is 5.88. The molecule has 2 aromatic carbocycles. The van der Waals surface area contributed by atoms with Gasteiger partial charge in [-0.1, -0.05) is 18.7 Å². The SMILES string of the molecule is C=C(CNc1cc(-c2ccc(OC(F)(F)F)cc2)c2ncsc2c1C#N)C(N)=O. The van der Waals surface area contributed by atoms with Crippen LogP contribution in [0.5, 0.6) is 5.75 Å². The number of alkyl halides is 3. The van der Waals surface area contributed by atoms with E-state index in [1.165, 1.54) is 35.6 Å². The first kappa shape index (κ1) is 20.2. The van der Waals surface area contributed by atoms with E-state index >= 15 is 0 Å². The molecule has 29 heavy (non-hydrogen) atoms. The van der Waals surface area contributed by atoms with Crippen LogP contribution in [0, 0.1) is 11.3 Å². The number of benzene rings is 2. The topological polar surface area (TPSA) is 101 Å². The third kappa shape index (κ3) is 4.47. The maximum absolute atomic E-state index is 12.4. The number of ether oxygens (including phenoxy) is 1. The molecular weight excluding hydrogens is 405 g/mol. The van der Waals surface area contributed by atoms with Gasteiger partial charge in [-0.2, -0.15) is 5.26 Å². The van der Waals surface area contributed by atoms with Gasteiger partial charge in [0.2, 0.25) is 5.91 Å². The predicted octanol–water partition coefficient (Wildman–Crippen LogP) is 4.19. The number of carbonyl (C=O) groups excluding carboxylic acids is 1. The second-order valence-corrected chi connectivity index (χ2v) is 6.74. The molecule has 0 saturated heterocycles. The summed E-state index contributed by atoms with van der Waals surface area (Å²) in [5.74, 6) is -1.02. The molecule has 1 heterocycles. The van der Waals surface area contributed by atoms with E-state index < -0.39 is 12.3 Å². The van der Waals surface area contributed by atoms with Crippen molar-refractivity contribution in [2.45, 2.75) is 6.36 Å². The molecule has 0 radical (unpaired) electrons. The van der Waals surface area contributed by atoms with Gasteiger partial charge in [-0.25, -0.2) is 4.98 Å². The fourth-order valence-corrected chi connectivity index (χ4v) is 3.43. The van der Waals surface area contributed by atoms with Crippen LogP contribution in [0.1, 0.15) is 5.56 Å². The number of rotatable bonds is 6. The highest BCUT2D eigenvalue weighted by Gasteiger charge is 2.31. The first-order valence-electron chi connectivity index (χ1n) is 8.07. The third-order valence-corrected chi connectivity index (χ3v) is 4.80. The molecule has 0 aliphatic carbocycles. The smallest absolute Gasteiger partial charge is 0.406 e. The molecule has 3 N–H and O–H groups in total. The van der Waals surface area contributed by atoms with Crippen molar-refractivity contribution in [3.05, 3.63) is 53.6 Å². The van der Waals surface area contributed by atoms with E-state index in [1.54, 1.807) is 11.6 Å². The van der Waals surface area contributed by atoms with Gasteiger partial charge < -0.3 is 15.8 Å². The molecule has 0 saturated carbocycles. The van der Waals surface area contributed by atoms with Crippen molar-refractivity contribution >= 4 is 33.1 Å². The van der Waals surface area contributed by atoms with Crippen LogP contribution in [-0.4, -0.2) is 23.8 Å². The normalized spacial score (nSPS) is 11.1. The van der Waals surface area contributed by atoms with E-state index in [1.807, 2.05) is 0 Å². The zero-order chi connectivity index (χ0) is 21.2. The zero-order valence-electron chi connectivity index (χ0n) is 14.7. The number of anilines is 1. The molecule has 0 fully saturated rings. The highest BCUT2D eigenvalue weighted by Crippen LogP contribution is 2.37. The maximum Gasteiger partial charge on any atom is 0.573 e. The number of nitrogens with two attached hydrogens (primary N) is 1. The third-order valence-electron chi connectivity index (χ3n) is 3.96. The Morgan fingerprint density at radius 2 is 2.03 bits per heavy atom. The van der Waals surface area contributed by atoms with Crippen molar-refractivity contribution in [1.82, 2.24) is 4.98 Å². The summed E-state index contributed by atoms with van der Waals surface area (Å²) in [6, 6.07) is 9.08. The Morgan fingerprint density at radius 1 is 1.34 bits per heavy atom. The molecule has 1 amide bonds. The average molecular weight is 418 g/mol. The van der Waals surface area contributed by atoms with Gasteiger partial charge in [0.25, 0.3) is 0 Å². The largest absolute Gasteiger partial charge is 0.573 e. The van der Waals surface area contributed by atoms with E-state index in [2.05, 4.69) is 27.7 Å². The fourth-order valence-electron chi connectivity index (χ4n) is 2.62. The zero-order valence-corrected chi connectivity index (χ0v) is 15.5. The lowest BCUT2D eigenvalue weighted by molar-refractivity contribution is -0.274. The molecular formula is C19H13F3N4O2S. The summed E-state index contributed by atoms with van der Waals surface area (Å²) in [6.07, 6.45) is -4.78. The van der Waals surface area contributed by atoms with Gasteiger partial charge in [-0.05, 0) is 23.8 Å². The summed E-state index contributed by atoms with van der Waals surface area (Å²) >= 11 is 1.25. The van der Waals surface area contributed by atoms with Crippen LogP contribution in [0.2, 0.25) is 0 Å². The molecule has 0 aliphatic heterocycles. The quantitative estimate of drug-likeness (QED) is 0.585. The number of nitriles is 1. The number of thiazole rings is 1. The van der Waals surface area contributed by atoms with Gasteiger partial charge in [0.05, 0.1) is 27.0 Å². The van der Waals surface area contributed by atoms with Gasteiger partial charge >= 0.3 is 6.36 Å². The number of aromatic nitrogens is 1. The number of primary amides is 1. The molecule has 0 unspecified atom stereocenters.